The van der Waals surface area contributed by atoms with Gasteiger partial charge in [-0.25, -0.2) is 4.39 Å². The zero-order valence-corrected chi connectivity index (χ0v) is 18.7. The molecule has 2 aliphatic heterocycles. The van der Waals surface area contributed by atoms with Crippen molar-refractivity contribution in [2.24, 2.45) is 0 Å². The molecule has 0 unspecified atom stereocenters. The number of hydrogen-bond donors (Lipinski definition) is 1. The second kappa shape index (κ2) is 8.90. The van der Waals surface area contributed by atoms with Crippen LogP contribution in [0.15, 0.2) is 42.6 Å². The van der Waals surface area contributed by atoms with Crippen molar-refractivity contribution in [3.63, 3.8) is 0 Å². The van der Waals surface area contributed by atoms with E-state index in [2.05, 4.69) is 0 Å². The highest BCUT2D eigenvalue weighted by molar-refractivity contribution is 6.08. The summed E-state index contributed by atoms with van der Waals surface area (Å²) in [7, 11) is 0. The number of benzene rings is 2. The summed E-state index contributed by atoms with van der Waals surface area (Å²) in [5.74, 6) is -2.00. The van der Waals surface area contributed by atoms with Gasteiger partial charge in [0, 0.05) is 31.2 Å². The molecule has 0 saturated carbocycles. The predicted octanol–water partition coefficient (Wildman–Crippen LogP) is 4.37. The molecule has 2 amide bonds. The normalized spacial score (nSPS) is 16.3. The van der Waals surface area contributed by atoms with Gasteiger partial charge >= 0.3 is 12.1 Å². The predicted molar refractivity (Wildman–Crippen MR) is 120 cm³/mol. The number of nitrogens with one attached hydrogen (secondary N) is 1. The van der Waals surface area contributed by atoms with Crippen LogP contribution in [-0.2, 0) is 17.9 Å². The molecule has 1 aromatic heterocycles. The summed E-state index contributed by atoms with van der Waals surface area (Å²) < 4.78 is 59.6. The SMILES string of the molecule is O=C(c1cn2c3c(cccc13)OCC2)N1CCC(c2cc(CNC(=O)C(F)(F)F)ccc2F)CC1. The third kappa shape index (κ3) is 4.44. The molecule has 35 heavy (non-hydrogen) atoms. The van der Waals surface area contributed by atoms with Gasteiger partial charge < -0.3 is 19.5 Å². The van der Waals surface area contributed by atoms with E-state index in [1.807, 2.05) is 34.3 Å². The maximum atomic E-state index is 14.6. The number of likely N-dealkylation sites (tertiary alicyclic amines) is 1. The van der Waals surface area contributed by atoms with Crippen molar-refractivity contribution in [2.45, 2.75) is 38.0 Å². The van der Waals surface area contributed by atoms with Crippen molar-refractivity contribution in [3.8, 4) is 5.75 Å². The van der Waals surface area contributed by atoms with Crippen molar-refractivity contribution < 1.29 is 31.9 Å². The van der Waals surface area contributed by atoms with Gasteiger partial charge in [0.05, 0.1) is 17.6 Å². The van der Waals surface area contributed by atoms with Crippen LogP contribution in [0.5, 0.6) is 5.75 Å². The molecular formula is C25H23F4N3O3. The van der Waals surface area contributed by atoms with Gasteiger partial charge in [-0.1, -0.05) is 24.3 Å². The Balaban J connectivity index is 1.27. The topological polar surface area (TPSA) is 63.6 Å². The standard InChI is InChI=1S/C25H23F4N3O3/c26-20-5-4-15(13-30-24(34)25(27,28)29)12-18(20)16-6-8-31(9-7-16)23(33)19-14-32-10-11-35-21-3-1-2-17(19)22(21)32/h1-5,12,14,16H,6-11,13H2,(H,30,34). The van der Waals surface area contributed by atoms with Gasteiger partial charge in [0.15, 0.2) is 0 Å². The summed E-state index contributed by atoms with van der Waals surface area (Å²) in [4.78, 5) is 26.2. The molecule has 0 radical (unpaired) electrons. The molecule has 6 nitrogen and oxygen atoms in total. The Morgan fingerprint density at radius 2 is 1.86 bits per heavy atom. The number of alkyl halides is 3. The van der Waals surface area contributed by atoms with Gasteiger partial charge in [-0.2, -0.15) is 13.2 Å². The first-order valence-corrected chi connectivity index (χ1v) is 11.4. The van der Waals surface area contributed by atoms with E-state index in [-0.39, 0.29) is 18.4 Å². The summed E-state index contributed by atoms with van der Waals surface area (Å²) in [6.45, 7) is 1.73. The average molecular weight is 489 g/mol. The summed E-state index contributed by atoms with van der Waals surface area (Å²) in [5.41, 5.74) is 2.29. The van der Waals surface area contributed by atoms with Crippen molar-refractivity contribution in [3.05, 3.63) is 65.1 Å². The van der Waals surface area contributed by atoms with E-state index in [0.29, 0.717) is 55.8 Å². The Bertz CT molecular complexity index is 1290. The minimum absolute atomic E-state index is 0.0877. The minimum Gasteiger partial charge on any atom is -0.490 e. The largest absolute Gasteiger partial charge is 0.490 e. The fourth-order valence-electron chi connectivity index (χ4n) is 4.91. The maximum Gasteiger partial charge on any atom is 0.471 e. The highest BCUT2D eigenvalue weighted by atomic mass is 19.4. The number of aromatic nitrogens is 1. The molecule has 3 aromatic rings. The van der Waals surface area contributed by atoms with Gasteiger partial charge in [-0.05, 0) is 42.0 Å². The van der Waals surface area contributed by atoms with E-state index in [0.717, 1.165) is 16.7 Å². The lowest BCUT2D eigenvalue weighted by atomic mass is 9.88. The lowest BCUT2D eigenvalue weighted by molar-refractivity contribution is -0.173. The quantitative estimate of drug-likeness (QED) is 0.554. The van der Waals surface area contributed by atoms with Gasteiger partial charge in [0.2, 0.25) is 0 Å². The molecule has 0 aliphatic carbocycles. The highest BCUT2D eigenvalue weighted by Gasteiger charge is 2.38. The number of halogens is 4. The number of para-hydroxylation sites is 1. The summed E-state index contributed by atoms with van der Waals surface area (Å²) in [6, 6.07) is 9.71. The second-order valence-electron chi connectivity index (χ2n) is 8.84. The average Bonchev–Trinajstić information content (AvgIpc) is 3.23. The number of carbonyl (C=O) groups excluding carboxylic acids is 2. The Labute approximate surface area is 198 Å². The first-order valence-electron chi connectivity index (χ1n) is 11.4. The van der Waals surface area contributed by atoms with Crippen molar-refractivity contribution in [2.75, 3.05) is 19.7 Å². The molecular weight excluding hydrogens is 466 g/mol. The van der Waals surface area contributed by atoms with Gasteiger partial charge in [-0.15, -0.1) is 0 Å². The van der Waals surface area contributed by atoms with Crippen LogP contribution in [0.2, 0.25) is 0 Å². The van der Waals surface area contributed by atoms with Crippen LogP contribution in [0.4, 0.5) is 17.6 Å². The number of rotatable bonds is 4. The molecule has 10 heteroatoms. The molecule has 0 spiro atoms. The fraction of sp³-hybridized carbons (Fsp3) is 0.360. The number of hydrogen-bond acceptors (Lipinski definition) is 3. The molecule has 1 saturated heterocycles. The van der Waals surface area contributed by atoms with Crippen molar-refractivity contribution >= 4 is 22.7 Å². The van der Waals surface area contributed by atoms with E-state index in [9.17, 15) is 27.2 Å². The zero-order chi connectivity index (χ0) is 24.7. The fourth-order valence-corrected chi connectivity index (χ4v) is 4.91. The first kappa shape index (κ1) is 23.2. The van der Waals surface area contributed by atoms with E-state index in [1.54, 1.807) is 4.90 Å². The van der Waals surface area contributed by atoms with E-state index < -0.39 is 17.9 Å². The Hall–Kier alpha value is -3.56. The Kier molecular flexibility index (Phi) is 5.90. The van der Waals surface area contributed by atoms with Gasteiger partial charge in [0.25, 0.3) is 5.91 Å². The van der Waals surface area contributed by atoms with Crippen LogP contribution in [0.3, 0.4) is 0 Å². The molecule has 0 bridgehead atoms. The third-order valence-electron chi connectivity index (χ3n) is 6.67. The van der Waals surface area contributed by atoms with Crippen LogP contribution in [0, 0.1) is 5.82 Å². The first-order chi connectivity index (χ1) is 16.7. The lowest BCUT2D eigenvalue weighted by Gasteiger charge is -2.32. The van der Waals surface area contributed by atoms with Crippen LogP contribution in [-0.4, -0.2) is 47.2 Å². The van der Waals surface area contributed by atoms with E-state index in [1.165, 1.54) is 18.2 Å². The summed E-state index contributed by atoms with van der Waals surface area (Å²) in [5, 5.41) is 2.65. The molecule has 3 heterocycles. The van der Waals surface area contributed by atoms with E-state index >= 15 is 0 Å². The zero-order valence-electron chi connectivity index (χ0n) is 18.7. The molecule has 2 aliphatic rings. The van der Waals surface area contributed by atoms with Crippen LogP contribution >= 0.6 is 0 Å². The van der Waals surface area contributed by atoms with Crippen LogP contribution in [0.1, 0.15) is 40.2 Å². The minimum atomic E-state index is -4.97. The van der Waals surface area contributed by atoms with E-state index in [4.69, 9.17) is 4.74 Å². The van der Waals surface area contributed by atoms with Crippen molar-refractivity contribution in [1.82, 2.24) is 14.8 Å². The molecule has 5 rings (SSSR count). The number of nitrogens with zero attached hydrogens (tertiary/aromatic N) is 2. The second-order valence-corrected chi connectivity index (χ2v) is 8.84. The van der Waals surface area contributed by atoms with Gasteiger partial charge in [-0.3, -0.25) is 9.59 Å². The summed E-state index contributed by atoms with van der Waals surface area (Å²) in [6.07, 6.45) is -2.06. The molecule has 184 valence electrons. The van der Waals surface area contributed by atoms with Gasteiger partial charge in [0.1, 0.15) is 18.2 Å². The van der Waals surface area contributed by atoms with Crippen LogP contribution in [0.25, 0.3) is 10.9 Å². The number of amides is 2. The van der Waals surface area contributed by atoms with Crippen LogP contribution < -0.4 is 10.1 Å². The molecule has 0 atom stereocenters. The smallest absolute Gasteiger partial charge is 0.471 e. The third-order valence-corrected chi connectivity index (χ3v) is 6.67. The lowest BCUT2D eigenvalue weighted by Crippen LogP contribution is -2.38. The molecule has 2 aromatic carbocycles. The number of piperidine rings is 1. The Morgan fingerprint density at radius 1 is 1.09 bits per heavy atom. The van der Waals surface area contributed by atoms with Crippen molar-refractivity contribution in [1.29, 1.82) is 0 Å². The molecule has 1 N–H and O–H groups in total. The highest BCUT2D eigenvalue weighted by Crippen LogP contribution is 2.35. The monoisotopic (exact) mass is 489 g/mol. The maximum absolute atomic E-state index is 14.6. The summed E-state index contributed by atoms with van der Waals surface area (Å²) >= 11 is 0. The number of carbonyl (C=O) groups is 2. The molecule has 1 fully saturated rings. The number of ether oxygens (including phenoxy) is 1. The Morgan fingerprint density at radius 3 is 2.60 bits per heavy atom.